The number of carbonyl (C=O) groups is 1. The lowest BCUT2D eigenvalue weighted by atomic mass is 10.2. The van der Waals surface area contributed by atoms with E-state index in [1.165, 1.54) is 6.33 Å². The first kappa shape index (κ1) is 23.0. The number of fused-ring (bicyclic) bond motifs is 1. The molecule has 3 heterocycles. The van der Waals surface area contributed by atoms with E-state index in [0.29, 0.717) is 27.2 Å². The summed E-state index contributed by atoms with van der Waals surface area (Å²) in [6.07, 6.45) is 4.00. The van der Waals surface area contributed by atoms with Crippen LogP contribution in [0.4, 0.5) is 5.82 Å². The summed E-state index contributed by atoms with van der Waals surface area (Å²) in [7, 11) is 0.724. The molecule has 0 aliphatic carbocycles. The third kappa shape index (κ3) is 5.41. The Labute approximate surface area is 189 Å². The van der Waals surface area contributed by atoms with Crippen LogP contribution in [0, 0.1) is 0 Å². The molecule has 0 radical (unpaired) electrons. The van der Waals surface area contributed by atoms with Crippen molar-refractivity contribution in [1.29, 1.82) is 0 Å². The topological polar surface area (TPSA) is 124 Å². The third-order valence-electron chi connectivity index (χ3n) is 4.83. The molecule has 1 amide bonds. The fraction of sp³-hybridized carbons (Fsp3) is 0.368. The SMILES string of the molecule is COP(C)SN(O)OCC1CCC(n2cnc3c(NC(=O)c4ccccc4)ncnc32)O1. The number of aromatic nitrogens is 4. The number of nitrogens with one attached hydrogen (secondary N) is 1. The zero-order chi connectivity index (χ0) is 22.5. The van der Waals surface area contributed by atoms with Crippen molar-refractivity contribution in [1.82, 2.24) is 24.2 Å². The lowest BCUT2D eigenvalue weighted by Gasteiger charge is -2.19. The highest BCUT2D eigenvalue weighted by Gasteiger charge is 2.29. The smallest absolute Gasteiger partial charge is 0.256 e. The third-order valence-corrected chi connectivity index (χ3v) is 7.38. The van der Waals surface area contributed by atoms with Crippen LogP contribution in [0.15, 0.2) is 43.0 Å². The molecule has 1 aliphatic rings. The molecule has 11 nitrogen and oxygen atoms in total. The maximum absolute atomic E-state index is 12.5. The van der Waals surface area contributed by atoms with Gasteiger partial charge in [-0.05, 0) is 31.6 Å². The van der Waals surface area contributed by atoms with Crippen molar-refractivity contribution in [2.45, 2.75) is 25.2 Å². The van der Waals surface area contributed by atoms with Crippen LogP contribution in [0.5, 0.6) is 0 Å². The number of hydrogen-bond acceptors (Lipinski definition) is 10. The number of nitrogens with zero attached hydrogens (tertiary/aromatic N) is 5. The molecular formula is C19H23N6O5PS. The van der Waals surface area contributed by atoms with Gasteiger partial charge >= 0.3 is 0 Å². The van der Waals surface area contributed by atoms with Gasteiger partial charge in [-0.1, -0.05) is 18.2 Å². The number of rotatable bonds is 9. The van der Waals surface area contributed by atoms with Crippen LogP contribution in [-0.4, -0.2) is 61.8 Å². The van der Waals surface area contributed by atoms with E-state index in [0.717, 1.165) is 24.4 Å². The average molecular weight is 478 g/mol. The summed E-state index contributed by atoms with van der Waals surface area (Å²) in [6, 6.07) is 8.89. The molecule has 1 fully saturated rings. The molecular weight excluding hydrogens is 455 g/mol. The number of hydrogen-bond donors (Lipinski definition) is 2. The van der Waals surface area contributed by atoms with Crippen LogP contribution in [0.25, 0.3) is 11.2 Å². The minimum atomic E-state index is -0.854. The van der Waals surface area contributed by atoms with Crippen molar-refractivity contribution >= 4 is 41.8 Å². The summed E-state index contributed by atoms with van der Waals surface area (Å²) in [6.45, 7) is 2.06. The van der Waals surface area contributed by atoms with E-state index in [2.05, 4.69) is 20.3 Å². The van der Waals surface area contributed by atoms with Gasteiger partial charge in [-0.2, -0.15) is 0 Å². The van der Waals surface area contributed by atoms with Gasteiger partial charge in [0.15, 0.2) is 17.0 Å². The molecule has 32 heavy (non-hydrogen) atoms. The normalized spacial score (nSPS) is 19.5. The van der Waals surface area contributed by atoms with Crippen LogP contribution in [0.1, 0.15) is 29.4 Å². The minimum absolute atomic E-state index is 0.197. The zero-order valence-electron chi connectivity index (χ0n) is 17.5. The Balaban J connectivity index is 1.40. The molecule has 3 unspecified atom stereocenters. The van der Waals surface area contributed by atoms with E-state index < -0.39 is 7.35 Å². The summed E-state index contributed by atoms with van der Waals surface area (Å²) >= 11 is 1.08. The molecule has 13 heteroatoms. The Morgan fingerprint density at radius 3 is 2.94 bits per heavy atom. The van der Waals surface area contributed by atoms with Crippen LogP contribution >= 0.6 is 18.9 Å². The standard InChI is InChI=1S/C19H23N6O5PS/c1-28-31(2)32-25(27)29-10-14-8-9-15(30-14)24-12-22-16-17(20-11-21-18(16)24)23-19(26)13-6-4-3-5-7-13/h3-7,11-12,14-15,27H,8-10H2,1-2H3,(H,20,21,23,26). The highest BCUT2D eigenvalue weighted by atomic mass is 32.7. The second-order valence-electron chi connectivity index (χ2n) is 6.89. The molecule has 1 aromatic carbocycles. The summed E-state index contributed by atoms with van der Waals surface area (Å²) in [5, 5.41) is 12.6. The van der Waals surface area contributed by atoms with Crippen molar-refractivity contribution < 1.29 is 24.1 Å². The van der Waals surface area contributed by atoms with E-state index in [1.807, 2.05) is 17.3 Å². The fourth-order valence-electron chi connectivity index (χ4n) is 3.24. The second kappa shape index (κ2) is 10.6. The predicted octanol–water partition coefficient (Wildman–Crippen LogP) is 3.62. The molecule has 170 valence electrons. The first-order valence-electron chi connectivity index (χ1n) is 9.82. The van der Waals surface area contributed by atoms with Gasteiger partial charge in [0.25, 0.3) is 5.91 Å². The molecule has 0 saturated carbocycles. The van der Waals surface area contributed by atoms with Crippen molar-refractivity contribution in [3.05, 3.63) is 48.5 Å². The van der Waals surface area contributed by atoms with E-state index in [4.69, 9.17) is 14.1 Å². The largest absolute Gasteiger partial charge is 0.352 e. The van der Waals surface area contributed by atoms with Gasteiger partial charge < -0.3 is 14.6 Å². The maximum atomic E-state index is 12.5. The Hall–Kier alpha value is -2.18. The molecule has 3 aromatic rings. The minimum Gasteiger partial charge on any atom is -0.352 e. The Bertz CT molecular complexity index is 1060. The molecule has 1 aliphatic heterocycles. The Morgan fingerprint density at radius 1 is 1.34 bits per heavy atom. The average Bonchev–Trinajstić information content (AvgIpc) is 3.45. The highest BCUT2D eigenvalue weighted by molar-refractivity contribution is 8.52. The van der Waals surface area contributed by atoms with Crippen molar-refractivity contribution in [3.63, 3.8) is 0 Å². The van der Waals surface area contributed by atoms with Gasteiger partial charge in [0, 0.05) is 28.9 Å². The van der Waals surface area contributed by atoms with E-state index >= 15 is 0 Å². The highest BCUT2D eigenvalue weighted by Crippen LogP contribution is 2.47. The van der Waals surface area contributed by atoms with E-state index in [-0.39, 0.29) is 24.8 Å². The molecule has 0 bridgehead atoms. The summed E-state index contributed by atoms with van der Waals surface area (Å²) in [5.41, 5.74) is 1.57. The van der Waals surface area contributed by atoms with Crippen LogP contribution in [-0.2, 0) is 14.1 Å². The molecule has 2 N–H and O–H groups in total. The first-order valence-corrected chi connectivity index (χ1v) is 12.9. The number of amides is 1. The van der Waals surface area contributed by atoms with E-state index in [1.54, 1.807) is 37.7 Å². The monoisotopic (exact) mass is 478 g/mol. The summed E-state index contributed by atoms with van der Waals surface area (Å²) in [4.78, 5) is 30.7. The van der Waals surface area contributed by atoms with E-state index in [9.17, 15) is 10.0 Å². The number of anilines is 1. The van der Waals surface area contributed by atoms with Gasteiger partial charge in [-0.3, -0.25) is 19.4 Å². The lowest BCUT2D eigenvalue weighted by Crippen LogP contribution is -2.21. The Morgan fingerprint density at radius 2 is 2.16 bits per heavy atom. The molecule has 0 spiro atoms. The first-order chi connectivity index (χ1) is 15.5. The van der Waals surface area contributed by atoms with Gasteiger partial charge in [0.1, 0.15) is 19.9 Å². The molecule has 2 aromatic heterocycles. The quantitative estimate of drug-likeness (QED) is 0.268. The summed E-state index contributed by atoms with van der Waals surface area (Å²) in [5.74, 6) is 0.0627. The van der Waals surface area contributed by atoms with Gasteiger partial charge in [0.05, 0.1) is 19.0 Å². The number of imidazole rings is 1. The van der Waals surface area contributed by atoms with Gasteiger partial charge in [-0.15, -0.1) is 0 Å². The van der Waals surface area contributed by atoms with Gasteiger partial charge in [-0.25, -0.2) is 15.0 Å². The second-order valence-corrected chi connectivity index (χ2v) is 10.6. The van der Waals surface area contributed by atoms with Crippen molar-refractivity contribution in [2.24, 2.45) is 0 Å². The zero-order valence-corrected chi connectivity index (χ0v) is 19.2. The number of ether oxygens (including phenoxy) is 1. The maximum Gasteiger partial charge on any atom is 0.256 e. The summed E-state index contributed by atoms with van der Waals surface area (Å²) < 4.78 is 13.7. The number of benzene rings is 1. The van der Waals surface area contributed by atoms with Crippen molar-refractivity contribution in [2.75, 3.05) is 25.7 Å². The van der Waals surface area contributed by atoms with Gasteiger partial charge in [0.2, 0.25) is 0 Å². The van der Waals surface area contributed by atoms with Crippen LogP contribution in [0.3, 0.4) is 0 Å². The molecule has 3 atom stereocenters. The van der Waals surface area contributed by atoms with Crippen LogP contribution in [0.2, 0.25) is 0 Å². The number of carbonyl (C=O) groups excluding carboxylic acids is 1. The Kier molecular flexibility index (Phi) is 7.63. The predicted molar refractivity (Wildman–Crippen MR) is 120 cm³/mol. The molecule has 4 rings (SSSR count). The fourth-order valence-corrected chi connectivity index (χ4v) is 4.54. The van der Waals surface area contributed by atoms with Crippen LogP contribution < -0.4 is 5.32 Å². The van der Waals surface area contributed by atoms with Crippen molar-refractivity contribution in [3.8, 4) is 0 Å². The lowest BCUT2D eigenvalue weighted by molar-refractivity contribution is -0.270. The molecule has 1 saturated heterocycles.